The third-order valence-electron chi connectivity index (χ3n) is 4.52. The minimum Gasteiger partial charge on any atom is -0.481 e. The van der Waals surface area contributed by atoms with Gasteiger partial charge in [0.1, 0.15) is 11.5 Å². The Hall–Kier alpha value is -3.22. The standard InChI is InChI=1S/C24H22Cl2N2O4/c1-15(31-20-11-8-18(9-12-20)17-6-4-3-5-7-17)23(29)27-28-24(30)16(2)32-22-13-10-19(25)14-21(22)26/h3-16H,1-2H3,(H,27,29)(H,28,30). The topological polar surface area (TPSA) is 76.7 Å². The van der Waals surface area contributed by atoms with E-state index in [0.29, 0.717) is 16.5 Å². The smallest absolute Gasteiger partial charge is 0.279 e. The van der Waals surface area contributed by atoms with Crippen molar-refractivity contribution in [3.63, 3.8) is 0 Å². The lowest BCUT2D eigenvalue weighted by Gasteiger charge is -2.18. The van der Waals surface area contributed by atoms with Gasteiger partial charge in [0.25, 0.3) is 11.8 Å². The molecule has 0 spiro atoms. The van der Waals surface area contributed by atoms with E-state index >= 15 is 0 Å². The van der Waals surface area contributed by atoms with E-state index in [9.17, 15) is 9.59 Å². The highest BCUT2D eigenvalue weighted by atomic mass is 35.5. The third kappa shape index (κ3) is 6.39. The van der Waals surface area contributed by atoms with Crippen molar-refractivity contribution in [2.24, 2.45) is 0 Å². The number of carbonyl (C=O) groups is 2. The zero-order valence-electron chi connectivity index (χ0n) is 17.5. The van der Waals surface area contributed by atoms with Crippen LogP contribution in [0.25, 0.3) is 11.1 Å². The van der Waals surface area contributed by atoms with Crippen molar-refractivity contribution in [1.29, 1.82) is 0 Å². The monoisotopic (exact) mass is 472 g/mol. The van der Waals surface area contributed by atoms with Gasteiger partial charge in [0.15, 0.2) is 12.2 Å². The predicted molar refractivity (Wildman–Crippen MR) is 125 cm³/mol. The van der Waals surface area contributed by atoms with Crippen LogP contribution >= 0.6 is 23.2 Å². The molecule has 0 heterocycles. The van der Waals surface area contributed by atoms with E-state index in [1.807, 2.05) is 42.5 Å². The summed E-state index contributed by atoms with van der Waals surface area (Å²) in [7, 11) is 0. The Morgan fingerprint density at radius 1 is 0.750 bits per heavy atom. The number of carbonyl (C=O) groups excluding carboxylic acids is 2. The lowest BCUT2D eigenvalue weighted by atomic mass is 10.1. The van der Waals surface area contributed by atoms with E-state index in [0.717, 1.165) is 11.1 Å². The molecule has 32 heavy (non-hydrogen) atoms. The van der Waals surface area contributed by atoms with E-state index in [2.05, 4.69) is 10.9 Å². The van der Waals surface area contributed by atoms with Gasteiger partial charge in [-0.1, -0.05) is 65.7 Å². The molecule has 0 aliphatic carbocycles. The van der Waals surface area contributed by atoms with Gasteiger partial charge in [-0.3, -0.25) is 20.4 Å². The molecule has 0 aliphatic heterocycles. The summed E-state index contributed by atoms with van der Waals surface area (Å²) in [5.41, 5.74) is 6.78. The van der Waals surface area contributed by atoms with Crippen molar-refractivity contribution in [1.82, 2.24) is 10.9 Å². The number of ether oxygens (including phenoxy) is 2. The first-order chi connectivity index (χ1) is 15.3. The summed E-state index contributed by atoms with van der Waals surface area (Å²) in [5, 5.41) is 0.733. The molecule has 2 amide bonds. The molecule has 3 aromatic rings. The molecule has 0 aliphatic rings. The number of halogens is 2. The number of hydrogen-bond donors (Lipinski definition) is 2. The van der Waals surface area contributed by atoms with Crippen LogP contribution < -0.4 is 20.3 Å². The lowest BCUT2D eigenvalue weighted by Crippen LogP contribution is -2.50. The maximum atomic E-state index is 12.3. The zero-order chi connectivity index (χ0) is 23.1. The molecule has 6 nitrogen and oxygen atoms in total. The van der Waals surface area contributed by atoms with Crippen LogP contribution in [0.2, 0.25) is 10.0 Å². The maximum Gasteiger partial charge on any atom is 0.279 e. The molecule has 0 bridgehead atoms. The second kappa shape index (κ2) is 10.9. The van der Waals surface area contributed by atoms with E-state index < -0.39 is 24.0 Å². The van der Waals surface area contributed by atoms with Crippen LogP contribution in [0, 0.1) is 0 Å². The number of benzene rings is 3. The summed E-state index contributed by atoms with van der Waals surface area (Å²) in [6.45, 7) is 3.11. The molecule has 0 saturated carbocycles. The first-order valence-corrected chi connectivity index (χ1v) is 10.6. The number of nitrogens with one attached hydrogen (secondary N) is 2. The molecule has 2 N–H and O–H groups in total. The summed E-state index contributed by atoms with van der Waals surface area (Å²) < 4.78 is 11.2. The highest BCUT2D eigenvalue weighted by Crippen LogP contribution is 2.28. The van der Waals surface area contributed by atoms with Crippen molar-refractivity contribution < 1.29 is 19.1 Å². The van der Waals surface area contributed by atoms with Gasteiger partial charge in [0.2, 0.25) is 0 Å². The fraction of sp³-hybridized carbons (Fsp3) is 0.167. The van der Waals surface area contributed by atoms with Crippen molar-refractivity contribution >= 4 is 35.0 Å². The molecule has 2 unspecified atom stereocenters. The summed E-state index contributed by atoms with van der Waals surface area (Å²) in [4.78, 5) is 24.5. The van der Waals surface area contributed by atoms with E-state index in [-0.39, 0.29) is 5.02 Å². The average Bonchev–Trinajstić information content (AvgIpc) is 2.80. The van der Waals surface area contributed by atoms with Gasteiger partial charge in [-0.15, -0.1) is 0 Å². The molecular weight excluding hydrogens is 451 g/mol. The second-order valence-electron chi connectivity index (χ2n) is 6.96. The van der Waals surface area contributed by atoms with Gasteiger partial charge in [-0.25, -0.2) is 0 Å². The maximum absolute atomic E-state index is 12.3. The van der Waals surface area contributed by atoms with Gasteiger partial charge < -0.3 is 9.47 Å². The fourth-order valence-corrected chi connectivity index (χ4v) is 3.21. The second-order valence-corrected chi connectivity index (χ2v) is 7.81. The van der Waals surface area contributed by atoms with Crippen LogP contribution in [0.5, 0.6) is 11.5 Å². The highest BCUT2D eigenvalue weighted by molar-refractivity contribution is 6.35. The zero-order valence-corrected chi connectivity index (χ0v) is 19.0. The van der Waals surface area contributed by atoms with E-state index in [1.165, 1.54) is 13.0 Å². The number of rotatable bonds is 7. The summed E-state index contributed by atoms with van der Waals surface area (Å²) in [6, 6.07) is 22.0. The Morgan fingerprint density at radius 2 is 1.31 bits per heavy atom. The Kier molecular flexibility index (Phi) is 7.98. The Balaban J connectivity index is 1.48. The van der Waals surface area contributed by atoms with Crippen molar-refractivity contribution in [3.8, 4) is 22.6 Å². The first kappa shape index (κ1) is 23.4. The van der Waals surface area contributed by atoms with Gasteiger partial charge >= 0.3 is 0 Å². The normalized spacial score (nSPS) is 12.4. The predicted octanol–water partition coefficient (Wildman–Crippen LogP) is 5.04. The molecular formula is C24H22Cl2N2O4. The van der Waals surface area contributed by atoms with Gasteiger partial charge in [0, 0.05) is 5.02 Å². The number of hydrogen-bond acceptors (Lipinski definition) is 4. The minimum atomic E-state index is -0.907. The van der Waals surface area contributed by atoms with E-state index in [4.69, 9.17) is 32.7 Å². The molecule has 3 rings (SSSR count). The molecule has 8 heteroatoms. The molecule has 0 fully saturated rings. The van der Waals surface area contributed by atoms with Crippen LogP contribution in [-0.2, 0) is 9.59 Å². The van der Waals surface area contributed by atoms with Crippen LogP contribution in [0.4, 0.5) is 0 Å². The molecule has 2 atom stereocenters. The average molecular weight is 473 g/mol. The van der Waals surface area contributed by atoms with Crippen LogP contribution in [-0.4, -0.2) is 24.0 Å². The lowest BCUT2D eigenvalue weighted by molar-refractivity contribution is -0.135. The summed E-state index contributed by atoms with van der Waals surface area (Å²) in [6.07, 6.45) is -1.74. The van der Waals surface area contributed by atoms with Crippen molar-refractivity contribution in [3.05, 3.63) is 82.8 Å². The van der Waals surface area contributed by atoms with Crippen LogP contribution in [0.1, 0.15) is 13.8 Å². The molecule has 166 valence electrons. The molecule has 0 aromatic heterocycles. The van der Waals surface area contributed by atoms with E-state index in [1.54, 1.807) is 31.2 Å². The summed E-state index contributed by atoms with van der Waals surface area (Å²) >= 11 is 11.9. The van der Waals surface area contributed by atoms with Crippen molar-refractivity contribution in [2.45, 2.75) is 26.1 Å². The van der Waals surface area contributed by atoms with Gasteiger partial charge in [-0.2, -0.15) is 0 Å². The Labute approximate surface area is 196 Å². The van der Waals surface area contributed by atoms with Crippen LogP contribution in [0.3, 0.4) is 0 Å². The largest absolute Gasteiger partial charge is 0.481 e. The molecule has 0 saturated heterocycles. The molecule has 0 radical (unpaired) electrons. The Bertz CT molecular complexity index is 1080. The van der Waals surface area contributed by atoms with Gasteiger partial charge in [0.05, 0.1) is 5.02 Å². The number of amides is 2. The Morgan fingerprint density at radius 3 is 1.91 bits per heavy atom. The first-order valence-electron chi connectivity index (χ1n) is 9.87. The quantitative estimate of drug-likeness (QED) is 0.472. The third-order valence-corrected chi connectivity index (χ3v) is 5.05. The SMILES string of the molecule is CC(Oc1ccc(-c2ccccc2)cc1)C(=O)NNC(=O)C(C)Oc1ccc(Cl)cc1Cl. The van der Waals surface area contributed by atoms with Crippen LogP contribution in [0.15, 0.2) is 72.8 Å². The highest BCUT2D eigenvalue weighted by Gasteiger charge is 2.20. The van der Waals surface area contributed by atoms with Crippen molar-refractivity contribution in [2.75, 3.05) is 0 Å². The number of hydrazine groups is 1. The van der Waals surface area contributed by atoms with Gasteiger partial charge in [-0.05, 0) is 55.3 Å². The fourth-order valence-electron chi connectivity index (χ4n) is 2.76. The summed E-state index contributed by atoms with van der Waals surface area (Å²) in [5.74, 6) is -0.223. The molecule has 3 aromatic carbocycles. The minimum absolute atomic E-state index is 0.279.